The van der Waals surface area contributed by atoms with E-state index in [0.717, 1.165) is 16.0 Å². The number of fused-ring (bicyclic) bond motifs is 1. The van der Waals surface area contributed by atoms with E-state index in [4.69, 9.17) is 9.47 Å². The van der Waals surface area contributed by atoms with E-state index in [9.17, 15) is 13.2 Å². The predicted molar refractivity (Wildman–Crippen MR) is 143 cm³/mol. The Morgan fingerprint density at radius 2 is 1.72 bits per heavy atom. The first-order valence-electron chi connectivity index (χ1n) is 11.2. The van der Waals surface area contributed by atoms with Gasteiger partial charge in [-0.1, -0.05) is 42.5 Å². The van der Waals surface area contributed by atoms with Crippen molar-refractivity contribution in [3.8, 4) is 11.5 Å². The quantitative estimate of drug-likeness (QED) is 0.309. The van der Waals surface area contributed by atoms with Crippen LogP contribution in [0, 0.1) is 6.92 Å². The van der Waals surface area contributed by atoms with Crippen LogP contribution in [0.5, 0.6) is 11.5 Å². The zero-order valence-corrected chi connectivity index (χ0v) is 22.0. The van der Waals surface area contributed by atoms with Crippen molar-refractivity contribution in [3.63, 3.8) is 0 Å². The molecule has 0 fully saturated rings. The van der Waals surface area contributed by atoms with Crippen LogP contribution in [0.1, 0.15) is 24.1 Å². The van der Waals surface area contributed by atoms with Gasteiger partial charge in [0.1, 0.15) is 6.04 Å². The van der Waals surface area contributed by atoms with Crippen molar-refractivity contribution in [3.05, 3.63) is 71.8 Å². The molecule has 0 saturated carbocycles. The number of thiazole rings is 1. The molecule has 0 aliphatic heterocycles. The van der Waals surface area contributed by atoms with Crippen molar-refractivity contribution in [2.24, 2.45) is 0 Å². The fourth-order valence-corrected chi connectivity index (χ4v) is 5.49. The molecule has 1 unspecified atom stereocenters. The van der Waals surface area contributed by atoms with Crippen molar-refractivity contribution in [1.29, 1.82) is 0 Å². The SMILES string of the molecule is CCS(=O)(=O)c1ccc(C(Nc2cccc(C)c2)C(=O)Nc2nc3cc(OC)c(OC)cc3s2)cc1. The summed E-state index contributed by atoms with van der Waals surface area (Å²) in [4.78, 5) is 18.2. The number of ether oxygens (including phenoxy) is 2. The Morgan fingerprint density at radius 1 is 1.03 bits per heavy atom. The monoisotopic (exact) mass is 525 g/mol. The number of hydrogen-bond donors (Lipinski definition) is 2. The molecule has 0 saturated heterocycles. The highest BCUT2D eigenvalue weighted by molar-refractivity contribution is 7.91. The van der Waals surface area contributed by atoms with Gasteiger partial charge in [-0.05, 0) is 42.3 Å². The predicted octanol–water partition coefficient (Wildman–Crippen LogP) is 5.21. The van der Waals surface area contributed by atoms with E-state index in [1.165, 1.54) is 23.5 Å². The van der Waals surface area contributed by atoms with E-state index >= 15 is 0 Å². The Bertz CT molecular complexity index is 1460. The molecule has 0 spiro atoms. The number of sulfone groups is 1. The summed E-state index contributed by atoms with van der Waals surface area (Å²) in [5.74, 6) is 0.799. The number of carbonyl (C=O) groups is 1. The van der Waals surface area contributed by atoms with E-state index in [1.807, 2.05) is 37.3 Å². The van der Waals surface area contributed by atoms with E-state index in [2.05, 4.69) is 15.6 Å². The zero-order chi connectivity index (χ0) is 25.9. The van der Waals surface area contributed by atoms with Crippen LogP contribution >= 0.6 is 11.3 Å². The first kappa shape index (κ1) is 25.5. The van der Waals surface area contributed by atoms with Gasteiger partial charge in [-0.15, -0.1) is 0 Å². The number of carbonyl (C=O) groups excluding carboxylic acids is 1. The van der Waals surface area contributed by atoms with E-state index in [0.29, 0.717) is 27.7 Å². The van der Waals surface area contributed by atoms with Crippen molar-refractivity contribution >= 4 is 48.1 Å². The van der Waals surface area contributed by atoms with Gasteiger partial charge in [0.2, 0.25) is 0 Å². The fourth-order valence-electron chi connectivity index (χ4n) is 3.72. The lowest BCUT2D eigenvalue weighted by Crippen LogP contribution is -2.27. The lowest BCUT2D eigenvalue weighted by molar-refractivity contribution is -0.117. The molecule has 1 heterocycles. The number of aryl methyl sites for hydroxylation is 1. The second-order valence-electron chi connectivity index (χ2n) is 8.10. The molecule has 2 N–H and O–H groups in total. The Balaban J connectivity index is 1.66. The molecule has 4 aromatic rings. The van der Waals surface area contributed by atoms with Gasteiger partial charge in [0.15, 0.2) is 26.5 Å². The van der Waals surface area contributed by atoms with E-state index in [1.54, 1.807) is 39.3 Å². The summed E-state index contributed by atoms with van der Waals surface area (Å²) in [6.07, 6.45) is 0. The van der Waals surface area contributed by atoms with Crippen LogP contribution in [0.25, 0.3) is 10.2 Å². The van der Waals surface area contributed by atoms with Gasteiger partial charge in [-0.25, -0.2) is 13.4 Å². The van der Waals surface area contributed by atoms with Crippen LogP contribution < -0.4 is 20.1 Å². The Morgan fingerprint density at radius 3 is 2.36 bits per heavy atom. The van der Waals surface area contributed by atoms with Crippen LogP contribution in [-0.4, -0.2) is 39.3 Å². The number of nitrogens with one attached hydrogen (secondary N) is 2. The highest BCUT2D eigenvalue weighted by atomic mass is 32.2. The van der Waals surface area contributed by atoms with Crippen molar-refractivity contribution in [2.75, 3.05) is 30.6 Å². The largest absolute Gasteiger partial charge is 0.493 e. The summed E-state index contributed by atoms with van der Waals surface area (Å²) < 4.78 is 36.0. The van der Waals surface area contributed by atoms with Crippen LogP contribution in [0.3, 0.4) is 0 Å². The second-order valence-corrected chi connectivity index (χ2v) is 11.4. The highest BCUT2D eigenvalue weighted by Gasteiger charge is 2.23. The van der Waals surface area contributed by atoms with E-state index in [-0.39, 0.29) is 16.6 Å². The maximum atomic E-state index is 13.5. The van der Waals surface area contributed by atoms with Crippen molar-refractivity contribution in [2.45, 2.75) is 24.8 Å². The average Bonchev–Trinajstić information content (AvgIpc) is 3.27. The van der Waals surface area contributed by atoms with Gasteiger partial charge in [-0.2, -0.15) is 0 Å². The minimum Gasteiger partial charge on any atom is -0.493 e. The molecule has 4 rings (SSSR count). The van der Waals surface area contributed by atoms with E-state index < -0.39 is 15.9 Å². The van der Waals surface area contributed by atoms with Gasteiger partial charge in [0.25, 0.3) is 5.91 Å². The number of amides is 1. The molecule has 36 heavy (non-hydrogen) atoms. The molecule has 1 amide bonds. The molecule has 1 atom stereocenters. The number of rotatable bonds is 9. The van der Waals surface area contributed by atoms with Gasteiger partial charge >= 0.3 is 0 Å². The van der Waals surface area contributed by atoms with Crippen molar-refractivity contribution < 1.29 is 22.7 Å². The summed E-state index contributed by atoms with van der Waals surface area (Å²) in [7, 11) is -0.236. The van der Waals surface area contributed by atoms with Crippen LogP contribution in [0.15, 0.2) is 65.6 Å². The molecule has 3 aromatic carbocycles. The summed E-state index contributed by atoms with van der Waals surface area (Å²) in [5.41, 5.74) is 3.09. The molecule has 188 valence electrons. The van der Waals surface area contributed by atoms with Gasteiger partial charge in [-0.3, -0.25) is 10.1 Å². The zero-order valence-electron chi connectivity index (χ0n) is 20.4. The molecule has 10 heteroatoms. The van der Waals surface area contributed by atoms with Gasteiger partial charge in [0.05, 0.1) is 35.1 Å². The summed E-state index contributed by atoms with van der Waals surface area (Å²) in [6, 6.07) is 16.8. The normalized spacial score (nSPS) is 12.2. The molecule has 8 nitrogen and oxygen atoms in total. The van der Waals surface area contributed by atoms with Crippen LogP contribution in [0.2, 0.25) is 0 Å². The molecule has 1 aromatic heterocycles. The number of aromatic nitrogens is 1. The van der Waals surface area contributed by atoms with Crippen molar-refractivity contribution in [1.82, 2.24) is 4.98 Å². The third-order valence-corrected chi connectivity index (χ3v) is 8.35. The van der Waals surface area contributed by atoms with Gasteiger partial charge < -0.3 is 14.8 Å². The molecular formula is C26H27N3O5S2. The average molecular weight is 526 g/mol. The topological polar surface area (TPSA) is 107 Å². The molecule has 0 aliphatic carbocycles. The number of benzene rings is 3. The third kappa shape index (κ3) is 5.44. The molecule has 0 radical (unpaired) electrons. The molecule has 0 aliphatic rings. The summed E-state index contributed by atoms with van der Waals surface area (Å²) in [6.45, 7) is 3.57. The third-order valence-electron chi connectivity index (χ3n) is 5.67. The maximum absolute atomic E-state index is 13.5. The summed E-state index contributed by atoms with van der Waals surface area (Å²) >= 11 is 1.32. The first-order chi connectivity index (χ1) is 17.2. The highest BCUT2D eigenvalue weighted by Crippen LogP contribution is 2.36. The standard InChI is InChI=1S/C26H27N3O5S2/c1-5-36(31,32)19-11-9-17(10-12-19)24(27-18-8-6-7-16(2)13-18)25(30)29-26-28-20-14-21(33-3)22(34-4)15-23(20)35-26/h6-15,24,27H,5H2,1-4H3,(H,28,29,30). The minimum absolute atomic E-state index is 0.00494. The number of methoxy groups -OCH3 is 2. The number of hydrogen-bond acceptors (Lipinski definition) is 8. The molecular weight excluding hydrogens is 498 g/mol. The number of nitrogens with zero attached hydrogens (tertiary/aromatic N) is 1. The van der Waals surface area contributed by atoms with Gasteiger partial charge in [0, 0.05) is 17.8 Å². The second kappa shape index (κ2) is 10.5. The smallest absolute Gasteiger partial charge is 0.253 e. The van der Waals surface area contributed by atoms with Crippen LogP contribution in [0.4, 0.5) is 10.8 Å². The lowest BCUT2D eigenvalue weighted by Gasteiger charge is -2.20. The minimum atomic E-state index is -3.35. The Labute approximate surface area is 214 Å². The Hall–Kier alpha value is -3.63. The maximum Gasteiger partial charge on any atom is 0.253 e. The summed E-state index contributed by atoms with van der Waals surface area (Å²) in [5, 5.41) is 6.60. The van der Waals surface area contributed by atoms with Crippen LogP contribution in [-0.2, 0) is 14.6 Å². The lowest BCUT2D eigenvalue weighted by atomic mass is 10.1. The first-order valence-corrected chi connectivity index (χ1v) is 13.7. The fraction of sp³-hybridized carbons (Fsp3) is 0.231. The number of anilines is 2. The Kier molecular flexibility index (Phi) is 7.46. The molecule has 0 bridgehead atoms.